The number of hydrogen-bond donors (Lipinski definition) is 0. The number of nitrogens with zero attached hydrogens (tertiary/aromatic N) is 3. The number of esters is 5. The van der Waals surface area contributed by atoms with Crippen LogP contribution in [-0.4, -0.2) is 80.6 Å². The SMILES string of the molecule is C=CC(=O)OCCCCCCOc1ccc(C(=O)Oc2ccc(OC(=O)c3ccc(OCCCCCCOC(=O)C=C)cc3)c(/C=N/N(CCOC(=O)C=C)c3nc4ccccc4s3)c2)cc1. The molecule has 4 aromatic carbocycles. The molecule has 15 nitrogen and oxygen atoms in total. The standard InChI is InChI=1S/C51H53N3O12S/c1-4-46(55)62-32-15-9-7-13-30-60-40-23-19-37(20-24-40)49(58)65-42-27-28-44(66-50(59)38-21-25-41(26-22-38)61-31-14-8-10-16-33-63-47(56)5-2)39(35-42)36-52-54(29-34-64-48(57)6-3)51-53-43-17-11-12-18-45(43)67-51/h4-6,11-12,17-28,35-36H,1-3,7-10,13-16,29-34H2/b52-36+. The van der Waals surface area contributed by atoms with Crippen LogP contribution in [0.2, 0.25) is 0 Å². The Morgan fingerprint density at radius 1 is 0.567 bits per heavy atom. The quantitative estimate of drug-likeness (QED) is 0.00842. The highest BCUT2D eigenvalue weighted by molar-refractivity contribution is 7.22. The first-order valence-electron chi connectivity index (χ1n) is 21.7. The van der Waals surface area contributed by atoms with E-state index in [1.54, 1.807) is 53.5 Å². The zero-order valence-corrected chi connectivity index (χ0v) is 38.0. The molecule has 0 spiro atoms. The number of para-hydroxylation sites is 1. The summed E-state index contributed by atoms with van der Waals surface area (Å²) in [4.78, 5) is 65.8. The molecule has 0 atom stereocenters. The van der Waals surface area contributed by atoms with Crippen LogP contribution in [-0.2, 0) is 28.6 Å². The number of carbonyl (C=O) groups is 5. The molecule has 0 bridgehead atoms. The predicted octanol–water partition coefficient (Wildman–Crippen LogP) is 9.64. The van der Waals surface area contributed by atoms with E-state index in [4.69, 9.17) is 38.1 Å². The van der Waals surface area contributed by atoms with Crippen LogP contribution in [0.15, 0.2) is 134 Å². The number of hydrazone groups is 1. The minimum Gasteiger partial charge on any atom is -0.494 e. The molecule has 0 aliphatic heterocycles. The van der Waals surface area contributed by atoms with Crippen molar-refractivity contribution in [3.8, 4) is 23.0 Å². The topological polar surface area (TPSA) is 178 Å². The summed E-state index contributed by atoms with van der Waals surface area (Å²) in [6.07, 6.45) is 11.5. The Morgan fingerprint density at radius 2 is 1.06 bits per heavy atom. The number of carbonyl (C=O) groups excluding carboxylic acids is 5. The van der Waals surface area contributed by atoms with Crippen LogP contribution in [0.25, 0.3) is 10.2 Å². The van der Waals surface area contributed by atoms with Gasteiger partial charge in [0.05, 0.1) is 60.5 Å². The smallest absolute Gasteiger partial charge is 0.343 e. The van der Waals surface area contributed by atoms with Crippen molar-refractivity contribution < 1.29 is 57.1 Å². The Labute approximate surface area is 393 Å². The number of unbranched alkanes of at least 4 members (excludes halogenated alkanes) is 6. The number of ether oxygens (including phenoxy) is 7. The summed E-state index contributed by atoms with van der Waals surface area (Å²) in [6, 6.07) is 25.2. The molecule has 0 radical (unpaired) electrons. The van der Waals surface area contributed by atoms with Crippen molar-refractivity contribution in [2.24, 2.45) is 5.10 Å². The molecular formula is C51H53N3O12S. The maximum atomic E-state index is 13.5. The molecule has 1 aromatic heterocycles. The normalized spacial score (nSPS) is 10.7. The lowest BCUT2D eigenvalue weighted by Crippen LogP contribution is -2.23. The van der Waals surface area contributed by atoms with Gasteiger partial charge in [0.25, 0.3) is 0 Å². The van der Waals surface area contributed by atoms with Crippen molar-refractivity contribution in [3.63, 3.8) is 0 Å². The third-order valence-electron chi connectivity index (χ3n) is 9.56. The monoisotopic (exact) mass is 931 g/mol. The predicted molar refractivity (Wildman–Crippen MR) is 255 cm³/mol. The fraction of sp³-hybridized carbons (Fsp3) is 0.275. The maximum absolute atomic E-state index is 13.5. The van der Waals surface area contributed by atoms with Crippen LogP contribution in [0, 0.1) is 0 Å². The molecule has 67 heavy (non-hydrogen) atoms. The maximum Gasteiger partial charge on any atom is 0.343 e. The van der Waals surface area contributed by atoms with Gasteiger partial charge < -0.3 is 33.2 Å². The van der Waals surface area contributed by atoms with E-state index < -0.39 is 29.8 Å². The van der Waals surface area contributed by atoms with Gasteiger partial charge >= 0.3 is 29.8 Å². The molecule has 0 aliphatic rings. The van der Waals surface area contributed by atoms with Crippen molar-refractivity contribution in [3.05, 3.63) is 146 Å². The van der Waals surface area contributed by atoms with Crippen LogP contribution < -0.4 is 24.0 Å². The molecule has 0 saturated carbocycles. The molecule has 0 fully saturated rings. The van der Waals surface area contributed by atoms with Crippen LogP contribution in [0.5, 0.6) is 23.0 Å². The first-order chi connectivity index (χ1) is 32.6. The summed E-state index contributed by atoms with van der Waals surface area (Å²) in [5, 5.41) is 6.75. The number of benzene rings is 4. The largest absolute Gasteiger partial charge is 0.494 e. The summed E-state index contributed by atoms with van der Waals surface area (Å²) in [5.41, 5.74) is 1.58. The molecule has 5 rings (SSSR count). The molecule has 5 aromatic rings. The third kappa shape index (κ3) is 17.4. The fourth-order valence-electron chi connectivity index (χ4n) is 6.04. The molecule has 16 heteroatoms. The second kappa shape index (κ2) is 27.7. The van der Waals surface area contributed by atoms with Crippen molar-refractivity contribution in [1.29, 1.82) is 0 Å². The molecule has 0 saturated heterocycles. The first-order valence-corrected chi connectivity index (χ1v) is 22.6. The zero-order chi connectivity index (χ0) is 47.6. The summed E-state index contributed by atoms with van der Waals surface area (Å²) < 4.78 is 39.5. The molecular weight excluding hydrogens is 879 g/mol. The van der Waals surface area contributed by atoms with Crippen LogP contribution >= 0.6 is 11.3 Å². The van der Waals surface area contributed by atoms with Crippen molar-refractivity contribution in [2.75, 3.05) is 44.6 Å². The molecule has 0 N–H and O–H groups in total. The van der Waals surface area contributed by atoms with E-state index in [9.17, 15) is 24.0 Å². The van der Waals surface area contributed by atoms with Gasteiger partial charge in [-0.05, 0) is 130 Å². The van der Waals surface area contributed by atoms with Crippen LogP contribution in [0.4, 0.5) is 5.13 Å². The average Bonchev–Trinajstić information content (AvgIpc) is 3.79. The van der Waals surface area contributed by atoms with E-state index in [0.717, 1.165) is 79.8 Å². The Kier molecular flexibility index (Phi) is 20.8. The lowest BCUT2D eigenvalue weighted by Gasteiger charge is -2.16. The summed E-state index contributed by atoms with van der Waals surface area (Å²) >= 11 is 1.38. The molecule has 1 heterocycles. The van der Waals surface area contributed by atoms with Crippen LogP contribution in [0.1, 0.15) is 77.6 Å². The highest BCUT2D eigenvalue weighted by Gasteiger charge is 2.17. The van der Waals surface area contributed by atoms with Gasteiger partial charge in [-0.2, -0.15) is 5.10 Å². The second-order valence-electron chi connectivity index (χ2n) is 14.5. The summed E-state index contributed by atoms with van der Waals surface area (Å²) in [6.45, 7) is 12.0. The van der Waals surface area contributed by atoms with Gasteiger partial charge in [-0.1, -0.05) is 43.2 Å². The van der Waals surface area contributed by atoms with Gasteiger partial charge in [-0.25, -0.2) is 34.0 Å². The number of rotatable bonds is 29. The molecule has 0 unspecified atom stereocenters. The fourth-order valence-corrected chi connectivity index (χ4v) is 6.99. The van der Waals surface area contributed by atoms with Gasteiger partial charge in [0.2, 0.25) is 5.13 Å². The van der Waals surface area contributed by atoms with Crippen molar-refractivity contribution >= 4 is 62.7 Å². The van der Waals surface area contributed by atoms with Gasteiger partial charge in [-0.15, -0.1) is 0 Å². The van der Waals surface area contributed by atoms with Gasteiger partial charge in [-0.3, -0.25) is 0 Å². The molecule has 0 aliphatic carbocycles. The van der Waals surface area contributed by atoms with Crippen molar-refractivity contribution in [1.82, 2.24) is 4.98 Å². The van der Waals surface area contributed by atoms with E-state index in [2.05, 4.69) is 24.8 Å². The second-order valence-corrected chi connectivity index (χ2v) is 15.5. The first kappa shape index (κ1) is 50.4. The number of anilines is 1. The average molecular weight is 932 g/mol. The Balaban J connectivity index is 1.25. The van der Waals surface area contributed by atoms with Gasteiger partial charge in [0.1, 0.15) is 29.6 Å². The van der Waals surface area contributed by atoms with E-state index in [1.165, 1.54) is 35.8 Å². The number of thiazole rings is 1. The highest BCUT2D eigenvalue weighted by atomic mass is 32.1. The zero-order valence-electron chi connectivity index (χ0n) is 37.1. The van der Waals surface area contributed by atoms with E-state index in [-0.39, 0.29) is 41.3 Å². The van der Waals surface area contributed by atoms with Gasteiger partial charge in [0, 0.05) is 23.8 Å². The lowest BCUT2D eigenvalue weighted by atomic mass is 10.2. The Hall–Kier alpha value is -7.59. The Morgan fingerprint density at radius 3 is 1.60 bits per heavy atom. The molecule has 0 amide bonds. The summed E-state index contributed by atoms with van der Waals surface area (Å²) in [7, 11) is 0. The van der Waals surface area contributed by atoms with E-state index in [1.807, 2.05) is 24.3 Å². The molecule has 350 valence electrons. The van der Waals surface area contributed by atoms with Gasteiger partial charge in [0.15, 0.2) is 0 Å². The summed E-state index contributed by atoms with van der Waals surface area (Å²) in [5.74, 6) is -1.30. The number of fused-ring (bicyclic) bond motifs is 1. The van der Waals surface area contributed by atoms with E-state index >= 15 is 0 Å². The minimum atomic E-state index is -0.656. The third-order valence-corrected chi connectivity index (χ3v) is 10.6. The Bertz CT molecular complexity index is 2450. The van der Waals surface area contributed by atoms with E-state index in [0.29, 0.717) is 43.1 Å². The van der Waals surface area contributed by atoms with Crippen LogP contribution in [0.3, 0.4) is 0 Å². The van der Waals surface area contributed by atoms with Crippen molar-refractivity contribution in [2.45, 2.75) is 51.4 Å². The number of aromatic nitrogens is 1. The lowest BCUT2D eigenvalue weighted by molar-refractivity contribution is -0.138. The highest BCUT2D eigenvalue weighted by Crippen LogP contribution is 2.30. The minimum absolute atomic E-state index is 0.0349. The number of hydrogen-bond acceptors (Lipinski definition) is 16.